The molecule has 0 atom stereocenters. The van der Waals surface area contributed by atoms with Crippen LogP contribution >= 0.6 is 0 Å². The summed E-state index contributed by atoms with van der Waals surface area (Å²) in [5.41, 5.74) is 2.05. The molecule has 26 heavy (non-hydrogen) atoms. The smallest absolute Gasteiger partial charge is 0.316 e. The van der Waals surface area contributed by atoms with Crippen LogP contribution in [0.2, 0.25) is 0 Å². The summed E-state index contributed by atoms with van der Waals surface area (Å²) in [6.45, 7) is 2.28. The first kappa shape index (κ1) is 17.3. The van der Waals surface area contributed by atoms with Gasteiger partial charge in [0.15, 0.2) is 0 Å². The number of likely N-dealkylation sites (tertiary alicyclic amines) is 1. The Balaban J connectivity index is 1.31. The van der Waals surface area contributed by atoms with Crippen LogP contribution in [0.25, 0.3) is 11.1 Å². The van der Waals surface area contributed by atoms with Gasteiger partial charge in [0.1, 0.15) is 11.9 Å². The number of ether oxygens (including phenoxy) is 2. The van der Waals surface area contributed by atoms with Gasteiger partial charge >= 0.3 is 6.01 Å². The molecule has 0 N–H and O–H groups in total. The van der Waals surface area contributed by atoms with Crippen LogP contribution in [0.3, 0.4) is 0 Å². The fourth-order valence-corrected chi connectivity index (χ4v) is 4.09. The molecule has 4 rings (SSSR count). The first-order valence-electron chi connectivity index (χ1n) is 9.69. The lowest BCUT2D eigenvalue weighted by Crippen LogP contribution is -2.43. The molecule has 1 aliphatic heterocycles. The Kier molecular flexibility index (Phi) is 5.34. The standard InChI is InChI=1S/C21H27N3O2/c1-25-19-8-6-16(7-9-19)17-14-22-21(23-15-17)26-20-10-12-24(13-11-20)18-4-2-3-5-18/h6-9,14-15,18,20H,2-5,10-13H2,1H3. The predicted molar refractivity (Wildman–Crippen MR) is 101 cm³/mol. The summed E-state index contributed by atoms with van der Waals surface area (Å²) in [4.78, 5) is 11.5. The molecule has 0 amide bonds. The van der Waals surface area contributed by atoms with Crippen LogP contribution in [-0.2, 0) is 0 Å². The first-order valence-corrected chi connectivity index (χ1v) is 9.69. The number of aromatic nitrogens is 2. The van der Waals surface area contributed by atoms with E-state index >= 15 is 0 Å². The van der Waals surface area contributed by atoms with Crippen molar-refractivity contribution in [2.24, 2.45) is 0 Å². The van der Waals surface area contributed by atoms with Gasteiger partial charge in [-0.25, -0.2) is 9.97 Å². The van der Waals surface area contributed by atoms with Crippen molar-refractivity contribution < 1.29 is 9.47 Å². The summed E-state index contributed by atoms with van der Waals surface area (Å²) in [5.74, 6) is 0.846. The topological polar surface area (TPSA) is 47.5 Å². The fraction of sp³-hybridized carbons (Fsp3) is 0.524. The summed E-state index contributed by atoms with van der Waals surface area (Å²) in [5, 5.41) is 0. The van der Waals surface area contributed by atoms with E-state index in [9.17, 15) is 0 Å². The van der Waals surface area contributed by atoms with Gasteiger partial charge in [0, 0.05) is 37.1 Å². The number of piperidine rings is 1. The second-order valence-corrected chi connectivity index (χ2v) is 7.27. The summed E-state index contributed by atoms with van der Waals surface area (Å²) >= 11 is 0. The van der Waals surface area contributed by atoms with Crippen LogP contribution in [0.5, 0.6) is 11.8 Å². The highest BCUT2D eigenvalue weighted by Gasteiger charge is 2.28. The van der Waals surface area contributed by atoms with Crippen LogP contribution in [0.15, 0.2) is 36.7 Å². The van der Waals surface area contributed by atoms with E-state index in [2.05, 4.69) is 14.9 Å². The quantitative estimate of drug-likeness (QED) is 0.815. The Morgan fingerprint density at radius 2 is 1.54 bits per heavy atom. The maximum Gasteiger partial charge on any atom is 0.316 e. The van der Waals surface area contributed by atoms with Gasteiger partial charge in [-0.15, -0.1) is 0 Å². The third kappa shape index (κ3) is 3.98. The molecule has 0 radical (unpaired) electrons. The predicted octanol–water partition coefficient (Wildman–Crippen LogP) is 3.94. The van der Waals surface area contributed by atoms with E-state index in [0.717, 1.165) is 48.8 Å². The SMILES string of the molecule is COc1ccc(-c2cnc(OC3CCN(C4CCCC4)CC3)nc2)cc1. The third-order valence-corrected chi connectivity index (χ3v) is 5.64. The molecule has 5 nitrogen and oxygen atoms in total. The Labute approximate surface area is 155 Å². The number of hydrogen-bond acceptors (Lipinski definition) is 5. The van der Waals surface area contributed by atoms with Gasteiger partial charge in [0.25, 0.3) is 0 Å². The number of benzene rings is 1. The Morgan fingerprint density at radius 3 is 2.15 bits per heavy atom. The molecular weight excluding hydrogens is 326 g/mol. The average molecular weight is 353 g/mol. The largest absolute Gasteiger partial charge is 0.497 e. The van der Waals surface area contributed by atoms with Crippen LogP contribution < -0.4 is 9.47 Å². The summed E-state index contributed by atoms with van der Waals surface area (Å²) in [7, 11) is 1.67. The van der Waals surface area contributed by atoms with Crippen molar-refractivity contribution in [2.75, 3.05) is 20.2 Å². The van der Waals surface area contributed by atoms with Gasteiger partial charge in [-0.05, 0) is 43.4 Å². The van der Waals surface area contributed by atoms with Crippen molar-refractivity contribution in [1.29, 1.82) is 0 Å². The molecule has 1 saturated heterocycles. The Hall–Kier alpha value is -2.14. The Bertz CT molecular complexity index is 688. The molecular formula is C21H27N3O2. The molecule has 2 aromatic rings. The highest BCUT2D eigenvalue weighted by atomic mass is 16.5. The number of nitrogens with zero attached hydrogens (tertiary/aromatic N) is 3. The van der Waals surface area contributed by atoms with E-state index in [1.165, 1.54) is 25.7 Å². The molecule has 138 valence electrons. The van der Waals surface area contributed by atoms with Crippen LogP contribution in [-0.4, -0.2) is 47.2 Å². The normalized spacial score (nSPS) is 19.6. The molecule has 1 saturated carbocycles. The fourth-order valence-electron chi connectivity index (χ4n) is 4.09. The van der Waals surface area contributed by atoms with Gasteiger partial charge in [0.05, 0.1) is 7.11 Å². The summed E-state index contributed by atoms with van der Waals surface area (Å²) in [6.07, 6.45) is 11.6. The van der Waals surface area contributed by atoms with Crippen LogP contribution in [0.4, 0.5) is 0 Å². The van der Waals surface area contributed by atoms with Crippen molar-refractivity contribution in [1.82, 2.24) is 14.9 Å². The first-order chi connectivity index (χ1) is 12.8. The molecule has 0 unspecified atom stereocenters. The highest BCUT2D eigenvalue weighted by molar-refractivity contribution is 5.62. The molecule has 2 heterocycles. The van der Waals surface area contributed by atoms with E-state index in [1.54, 1.807) is 7.11 Å². The molecule has 5 heteroatoms. The van der Waals surface area contributed by atoms with E-state index in [0.29, 0.717) is 6.01 Å². The zero-order chi connectivity index (χ0) is 17.8. The molecule has 2 aliphatic rings. The van der Waals surface area contributed by atoms with Crippen molar-refractivity contribution in [3.63, 3.8) is 0 Å². The van der Waals surface area contributed by atoms with E-state index < -0.39 is 0 Å². The van der Waals surface area contributed by atoms with Gasteiger partial charge in [-0.3, -0.25) is 0 Å². The molecule has 0 spiro atoms. The van der Waals surface area contributed by atoms with Gasteiger partial charge < -0.3 is 14.4 Å². The zero-order valence-corrected chi connectivity index (χ0v) is 15.4. The summed E-state index contributed by atoms with van der Waals surface area (Å²) in [6, 6.07) is 9.21. The summed E-state index contributed by atoms with van der Waals surface area (Å²) < 4.78 is 11.2. The Morgan fingerprint density at radius 1 is 0.885 bits per heavy atom. The minimum atomic E-state index is 0.236. The zero-order valence-electron chi connectivity index (χ0n) is 15.4. The lowest BCUT2D eigenvalue weighted by molar-refractivity contribution is 0.0710. The minimum Gasteiger partial charge on any atom is -0.497 e. The minimum absolute atomic E-state index is 0.236. The molecule has 1 aromatic heterocycles. The van der Waals surface area contributed by atoms with E-state index in [-0.39, 0.29) is 6.10 Å². The lowest BCUT2D eigenvalue weighted by Gasteiger charge is -2.35. The van der Waals surface area contributed by atoms with E-state index in [1.807, 2.05) is 36.7 Å². The average Bonchev–Trinajstić information content (AvgIpc) is 3.24. The maximum atomic E-state index is 6.02. The van der Waals surface area contributed by atoms with Crippen molar-refractivity contribution in [3.05, 3.63) is 36.7 Å². The number of methoxy groups -OCH3 is 1. The maximum absolute atomic E-state index is 6.02. The molecule has 2 fully saturated rings. The van der Waals surface area contributed by atoms with Crippen molar-refractivity contribution in [2.45, 2.75) is 50.7 Å². The molecule has 1 aliphatic carbocycles. The second kappa shape index (κ2) is 8.04. The van der Waals surface area contributed by atoms with Crippen molar-refractivity contribution in [3.8, 4) is 22.9 Å². The van der Waals surface area contributed by atoms with Gasteiger partial charge in [-0.1, -0.05) is 25.0 Å². The second-order valence-electron chi connectivity index (χ2n) is 7.27. The lowest BCUT2D eigenvalue weighted by atomic mass is 10.0. The monoisotopic (exact) mass is 353 g/mol. The van der Waals surface area contributed by atoms with Gasteiger partial charge in [-0.2, -0.15) is 0 Å². The number of rotatable bonds is 5. The highest BCUT2D eigenvalue weighted by Crippen LogP contribution is 2.27. The van der Waals surface area contributed by atoms with Crippen LogP contribution in [0, 0.1) is 0 Å². The molecule has 1 aromatic carbocycles. The van der Waals surface area contributed by atoms with Gasteiger partial charge in [0.2, 0.25) is 0 Å². The van der Waals surface area contributed by atoms with Crippen molar-refractivity contribution >= 4 is 0 Å². The molecule has 0 bridgehead atoms. The van der Waals surface area contributed by atoms with E-state index in [4.69, 9.17) is 9.47 Å². The third-order valence-electron chi connectivity index (χ3n) is 5.64. The van der Waals surface area contributed by atoms with Crippen LogP contribution in [0.1, 0.15) is 38.5 Å². The number of hydrogen-bond donors (Lipinski definition) is 0.